The molecule has 1 aliphatic rings. The van der Waals surface area contributed by atoms with E-state index in [2.05, 4.69) is 21.2 Å². The summed E-state index contributed by atoms with van der Waals surface area (Å²) in [5.74, 6) is -0.375. The van der Waals surface area contributed by atoms with E-state index in [1.54, 1.807) is 12.1 Å². The van der Waals surface area contributed by atoms with Gasteiger partial charge in [-0.1, -0.05) is 41.9 Å². The molecule has 0 spiro atoms. The highest BCUT2D eigenvalue weighted by molar-refractivity contribution is 9.10. The van der Waals surface area contributed by atoms with Crippen molar-refractivity contribution in [3.63, 3.8) is 0 Å². The number of rotatable bonds is 4. The summed E-state index contributed by atoms with van der Waals surface area (Å²) >= 11 is 9.23. The second-order valence-electron chi connectivity index (χ2n) is 5.04. The van der Waals surface area contributed by atoms with Crippen molar-refractivity contribution in [2.45, 2.75) is 25.4 Å². The summed E-state index contributed by atoms with van der Waals surface area (Å²) in [6.45, 7) is 0.758. The maximum atomic E-state index is 14.4. The normalized spacial score (nSPS) is 14.6. The molecule has 0 aliphatic heterocycles. The lowest BCUT2D eigenvalue weighted by Crippen LogP contribution is -2.15. The molecule has 1 nitrogen and oxygen atoms in total. The molecule has 1 saturated carbocycles. The zero-order chi connectivity index (χ0) is 14.1. The van der Waals surface area contributed by atoms with Crippen molar-refractivity contribution in [1.82, 2.24) is 5.32 Å². The molecule has 104 valence electrons. The fourth-order valence-electron chi connectivity index (χ4n) is 2.21. The third-order valence-corrected chi connectivity index (χ3v) is 4.76. The first kappa shape index (κ1) is 14.1. The maximum Gasteiger partial charge on any atom is 0.150 e. The molecular formula is C16H14BrClFN. The van der Waals surface area contributed by atoms with E-state index in [0.717, 1.165) is 17.7 Å². The van der Waals surface area contributed by atoms with Gasteiger partial charge in [-0.25, -0.2) is 4.39 Å². The minimum absolute atomic E-state index is 0.132. The monoisotopic (exact) mass is 353 g/mol. The molecule has 0 bridgehead atoms. The van der Waals surface area contributed by atoms with Crippen LogP contribution in [-0.4, -0.2) is 6.04 Å². The number of hydrogen-bond donors (Lipinski definition) is 1. The summed E-state index contributed by atoms with van der Waals surface area (Å²) < 4.78 is 14.9. The lowest BCUT2D eigenvalue weighted by molar-refractivity contribution is 0.630. The van der Waals surface area contributed by atoms with Gasteiger partial charge in [0.05, 0.1) is 5.02 Å². The van der Waals surface area contributed by atoms with E-state index in [1.807, 2.05) is 24.3 Å². The van der Waals surface area contributed by atoms with Crippen LogP contribution in [0, 0.1) is 5.82 Å². The summed E-state index contributed by atoms with van der Waals surface area (Å²) in [6, 6.07) is 12.0. The topological polar surface area (TPSA) is 12.0 Å². The van der Waals surface area contributed by atoms with Crippen LogP contribution in [0.3, 0.4) is 0 Å². The minimum Gasteiger partial charge on any atom is -0.310 e. The van der Waals surface area contributed by atoms with Crippen LogP contribution in [-0.2, 0) is 6.54 Å². The quantitative estimate of drug-likeness (QED) is 0.748. The molecule has 20 heavy (non-hydrogen) atoms. The number of benzene rings is 2. The Morgan fingerprint density at radius 1 is 1.15 bits per heavy atom. The maximum absolute atomic E-state index is 14.4. The number of nitrogens with one attached hydrogen (secondary N) is 1. The number of hydrogen-bond acceptors (Lipinski definition) is 1. The van der Waals surface area contributed by atoms with Crippen molar-refractivity contribution in [3.05, 3.63) is 57.3 Å². The Hall–Kier alpha value is -0.900. The molecule has 1 fully saturated rings. The first-order valence-electron chi connectivity index (χ1n) is 6.62. The first-order chi connectivity index (χ1) is 9.66. The van der Waals surface area contributed by atoms with Gasteiger partial charge < -0.3 is 5.32 Å². The van der Waals surface area contributed by atoms with Crippen LogP contribution in [0.1, 0.15) is 18.4 Å². The highest BCUT2D eigenvalue weighted by atomic mass is 79.9. The highest BCUT2D eigenvalue weighted by Crippen LogP contribution is 2.34. The van der Waals surface area contributed by atoms with Gasteiger partial charge >= 0.3 is 0 Å². The predicted octanol–water partition coefficient (Wildman–Crippen LogP) is 5.16. The van der Waals surface area contributed by atoms with Crippen molar-refractivity contribution < 1.29 is 4.39 Å². The lowest BCUT2D eigenvalue weighted by Gasteiger charge is -2.12. The third-order valence-electron chi connectivity index (χ3n) is 3.50. The minimum atomic E-state index is -0.375. The molecule has 0 atom stereocenters. The van der Waals surface area contributed by atoms with E-state index in [1.165, 1.54) is 12.8 Å². The fourth-order valence-corrected chi connectivity index (χ4v) is 2.68. The molecule has 3 rings (SSSR count). The van der Waals surface area contributed by atoms with Crippen LogP contribution in [0.25, 0.3) is 11.1 Å². The molecule has 1 N–H and O–H groups in total. The van der Waals surface area contributed by atoms with Crippen molar-refractivity contribution >= 4 is 27.5 Å². The van der Waals surface area contributed by atoms with Gasteiger partial charge in [0.25, 0.3) is 0 Å². The van der Waals surface area contributed by atoms with Crippen LogP contribution in [0.2, 0.25) is 5.02 Å². The molecule has 0 unspecified atom stereocenters. The molecule has 2 aromatic rings. The van der Waals surface area contributed by atoms with Crippen molar-refractivity contribution in [2.75, 3.05) is 0 Å². The van der Waals surface area contributed by atoms with Crippen molar-refractivity contribution in [3.8, 4) is 11.1 Å². The van der Waals surface area contributed by atoms with E-state index in [9.17, 15) is 4.39 Å². The first-order valence-corrected chi connectivity index (χ1v) is 7.79. The largest absolute Gasteiger partial charge is 0.310 e. The van der Waals surface area contributed by atoms with Crippen LogP contribution < -0.4 is 5.32 Å². The Kier molecular flexibility index (Phi) is 4.11. The van der Waals surface area contributed by atoms with E-state index < -0.39 is 0 Å². The molecule has 0 saturated heterocycles. The van der Waals surface area contributed by atoms with Gasteiger partial charge in [0.1, 0.15) is 0 Å². The second kappa shape index (κ2) is 5.84. The smallest absolute Gasteiger partial charge is 0.150 e. The summed E-state index contributed by atoms with van der Waals surface area (Å²) in [5, 5.41) is 3.60. The Morgan fingerprint density at radius 2 is 1.90 bits per heavy atom. The molecule has 2 aromatic carbocycles. The van der Waals surface area contributed by atoms with Gasteiger partial charge in [0, 0.05) is 22.6 Å². The van der Waals surface area contributed by atoms with Crippen LogP contribution >= 0.6 is 27.5 Å². The van der Waals surface area contributed by atoms with Crippen LogP contribution in [0.15, 0.2) is 40.9 Å². The zero-order valence-corrected chi connectivity index (χ0v) is 13.1. The zero-order valence-electron chi connectivity index (χ0n) is 10.8. The average molecular weight is 355 g/mol. The van der Waals surface area contributed by atoms with Crippen molar-refractivity contribution in [2.24, 2.45) is 0 Å². The van der Waals surface area contributed by atoms with E-state index in [0.29, 0.717) is 16.1 Å². The van der Waals surface area contributed by atoms with Crippen LogP contribution in [0.5, 0.6) is 0 Å². The summed E-state index contributed by atoms with van der Waals surface area (Å²) in [4.78, 5) is 0. The van der Waals surface area contributed by atoms with Gasteiger partial charge in [0.15, 0.2) is 5.82 Å². The molecule has 4 heteroatoms. The lowest BCUT2D eigenvalue weighted by atomic mass is 9.99. The van der Waals surface area contributed by atoms with E-state index >= 15 is 0 Å². The van der Waals surface area contributed by atoms with Gasteiger partial charge in [-0.3, -0.25) is 0 Å². The highest BCUT2D eigenvalue weighted by Gasteiger charge is 2.21. The van der Waals surface area contributed by atoms with Crippen LogP contribution in [0.4, 0.5) is 4.39 Å². The second-order valence-corrected chi connectivity index (χ2v) is 6.27. The number of halogens is 3. The molecule has 1 aliphatic carbocycles. The van der Waals surface area contributed by atoms with E-state index in [-0.39, 0.29) is 10.8 Å². The SMILES string of the molecule is Fc1c(-c2ccccc2CNC2CC2)ccc(Br)c1Cl. The Morgan fingerprint density at radius 3 is 2.65 bits per heavy atom. The molecule has 0 heterocycles. The summed E-state index contributed by atoms with van der Waals surface area (Å²) in [7, 11) is 0. The Balaban J connectivity index is 1.98. The van der Waals surface area contributed by atoms with Gasteiger partial charge in [-0.15, -0.1) is 0 Å². The molecular weight excluding hydrogens is 341 g/mol. The standard InChI is InChI=1S/C16H14BrClFN/c17-14-8-7-13(16(19)15(14)18)12-4-2-1-3-10(12)9-20-11-5-6-11/h1-4,7-8,11,20H,5-6,9H2. The van der Waals surface area contributed by atoms with Crippen molar-refractivity contribution in [1.29, 1.82) is 0 Å². The molecule has 0 amide bonds. The summed E-state index contributed by atoms with van der Waals surface area (Å²) in [5.41, 5.74) is 2.54. The predicted molar refractivity (Wildman–Crippen MR) is 84.4 cm³/mol. The van der Waals surface area contributed by atoms with Gasteiger partial charge in [-0.05, 0) is 46.0 Å². The van der Waals surface area contributed by atoms with Gasteiger partial charge in [0.2, 0.25) is 0 Å². The Bertz CT molecular complexity index is 640. The summed E-state index contributed by atoms with van der Waals surface area (Å²) in [6.07, 6.45) is 2.47. The Labute approximate surface area is 131 Å². The fraction of sp³-hybridized carbons (Fsp3) is 0.250. The molecule has 0 radical (unpaired) electrons. The third kappa shape index (κ3) is 2.90. The molecule has 0 aromatic heterocycles. The average Bonchev–Trinajstić information content (AvgIpc) is 3.28. The van der Waals surface area contributed by atoms with E-state index in [4.69, 9.17) is 11.6 Å². The van der Waals surface area contributed by atoms with Gasteiger partial charge in [-0.2, -0.15) is 0 Å².